The summed E-state index contributed by atoms with van der Waals surface area (Å²) < 4.78 is 0. The maximum absolute atomic E-state index is 12.4. The van der Waals surface area contributed by atoms with Gasteiger partial charge in [-0.3, -0.25) is 24.1 Å². The van der Waals surface area contributed by atoms with E-state index in [0.717, 1.165) is 0 Å². The van der Waals surface area contributed by atoms with E-state index in [0.29, 0.717) is 25.5 Å². The molecular weight excluding hydrogens is 362 g/mol. The maximum atomic E-state index is 12.4. The van der Waals surface area contributed by atoms with Crippen LogP contribution in [-0.4, -0.2) is 37.0 Å². The van der Waals surface area contributed by atoms with Gasteiger partial charge in [-0.15, -0.1) is 0 Å². The molecule has 8 nitrogen and oxygen atoms in total. The molecule has 156 valence electrons. The van der Waals surface area contributed by atoms with E-state index in [2.05, 4.69) is 16.3 Å². The molecule has 0 aliphatic carbocycles. The molecule has 0 saturated heterocycles. The van der Waals surface area contributed by atoms with E-state index in [9.17, 15) is 14.4 Å². The number of rotatable bonds is 11. The highest BCUT2D eigenvalue weighted by molar-refractivity contribution is 5.99. The van der Waals surface area contributed by atoms with Gasteiger partial charge in [0.15, 0.2) is 6.10 Å². The smallest absolute Gasteiger partial charge is 0.274 e. The first-order chi connectivity index (χ1) is 13.2. The third kappa shape index (κ3) is 8.49. The maximum Gasteiger partial charge on any atom is 0.274 e. The van der Waals surface area contributed by atoms with Crippen molar-refractivity contribution in [3.8, 4) is 0 Å². The fourth-order valence-corrected chi connectivity index (χ4v) is 2.24. The van der Waals surface area contributed by atoms with E-state index in [1.165, 1.54) is 6.07 Å². The molecule has 0 bridgehead atoms. The SMILES string of the molecule is CCONC(=O)c1cccc(C(=O)NOC(CC(C)C)C(=O)NCC(C)C)c1. The van der Waals surface area contributed by atoms with Crippen LogP contribution in [0.3, 0.4) is 0 Å². The fourth-order valence-electron chi connectivity index (χ4n) is 2.24. The number of hydrogen-bond donors (Lipinski definition) is 3. The van der Waals surface area contributed by atoms with E-state index in [4.69, 9.17) is 9.68 Å². The zero-order valence-electron chi connectivity index (χ0n) is 17.2. The molecule has 1 aromatic carbocycles. The van der Waals surface area contributed by atoms with Crippen molar-refractivity contribution in [2.75, 3.05) is 13.2 Å². The van der Waals surface area contributed by atoms with Crippen molar-refractivity contribution < 1.29 is 24.1 Å². The Morgan fingerprint density at radius 1 is 0.964 bits per heavy atom. The quantitative estimate of drug-likeness (QED) is 0.500. The second-order valence-corrected chi connectivity index (χ2v) is 7.25. The molecule has 3 amide bonds. The molecule has 1 aromatic rings. The summed E-state index contributed by atoms with van der Waals surface area (Å²) in [5.41, 5.74) is 5.09. The molecule has 8 heteroatoms. The number of carbonyl (C=O) groups excluding carboxylic acids is 3. The predicted molar refractivity (Wildman–Crippen MR) is 105 cm³/mol. The number of hydroxylamine groups is 2. The summed E-state index contributed by atoms with van der Waals surface area (Å²) in [5, 5.41) is 2.81. The highest BCUT2D eigenvalue weighted by Gasteiger charge is 2.22. The van der Waals surface area contributed by atoms with Crippen molar-refractivity contribution in [3.63, 3.8) is 0 Å². The van der Waals surface area contributed by atoms with Crippen molar-refractivity contribution >= 4 is 17.7 Å². The van der Waals surface area contributed by atoms with Crippen molar-refractivity contribution in [1.82, 2.24) is 16.3 Å². The van der Waals surface area contributed by atoms with Crippen molar-refractivity contribution in [3.05, 3.63) is 35.4 Å². The molecule has 0 heterocycles. The van der Waals surface area contributed by atoms with E-state index in [-0.39, 0.29) is 23.0 Å². The number of hydrogen-bond acceptors (Lipinski definition) is 5. The molecule has 0 spiro atoms. The summed E-state index contributed by atoms with van der Waals surface area (Å²) in [6.45, 7) is 10.5. The Balaban J connectivity index is 2.73. The minimum Gasteiger partial charge on any atom is -0.354 e. The Hall–Kier alpha value is -2.45. The number of amides is 3. The van der Waals surface area contributed by atoms with Gasteiger partial charge in [0.25, 0.3) is 17.7 Å². The van der Waals surface area contributed by atoms with Crippen LogP contribution in [0.5, 0.6) is 0 Å². The normalized spacial score (nSPS) is 12.0. The molecule has 1 unspecified atom stereocenters. The van der Waals surface area contributed by atoms with E-state index < -0.39 is 17.9 Å². The summed E-state index contributed by atoms with van der Waals surface area (Å²) in [4.78, 5) is 46.9. The molecule has 28 heavy (non-hydrogen) atoms. The second-order valence-electron chi connectivity index (χ2n) is 7.25. The molecule has 1 atom stereocenters. The van der Waals surface area contributed by atoms with Gasteiger partial charge >= 0.3 is 0 Å². The standard InChI is InChI=1S/C20H31N3O5/c1-6-27-22-18(24)15-8-7-9-16(11-15)19(25)23-28-17(10-13(2)3)20(26)21-12-14(4)5/h7-9,11,13-14,17H,6,10,12H2,1-5H3,(H,21,26)(H,22,24)(H,23,25). The Bertz CT molecular complexity index is 661. The molecule has 0 aromatic heterocycles. The van der Waals surface area contributed by atoms with Gasteiger partial charge in [-0.25, -0.2) is 11.0 Å². The molecule has 0 aliphatic rings. The molecule has 0 radical (unpaired) electrons. The van der Waals surface area contributed by atoms with Gasteiger partial charge in [-0.2, -0.15) is 0 Å². The first-order valence-electron chi connectivity index (χ1n) is 9.50. The molecule has 0 aliphatic heterocycles. The Kier molecular flexibility index (Phi) is 10.2. The van der Waals surface area contributed by atoms with Gasteiger partial charge in [0.1, 0.15) is 0 Å². The van der Waals surface area contributed by atoms with Crippen LogP contribution in [0.1, 0.15) is 61.8 Å². The average Bonchev–Trinajstić information content (AvgIpc) is 2.66. The van der Waals surface area contributed by atoms with Crippen LogP contribution in [0.25, 0.3) is 0 Å². The lowest BCUT2D eigenvalue weighted by Gasteiger charge is -2.20. The lowest BCUT2D eigenvalue weighted by molar-refractivity contribution is -0.137. The fraction of sp³-hybridized carbons (Fsp3) is 0.550. The summed E-state index contributed by atoms with van der Waals surface area (Å²) in [6, 6.07) is 6.11. The number of benzene rings is 1. The largest absolute Gasteiger partial charge is 0.354 e. The summed E-state index contributed by atoms with van der Waals surface area (Å²) in [7, 11) is 0. The van der Waals surface area contributed by atoms with Gasteiger partial charge in [0.2, 0.25) is 0 Å². The van der Waals surface area contributed by atoms with E-state index >= 15 is 0 Å². The third-order valence-corrected chi connectivity index (χ3v) is 3.65. The highest BCUT2D eigenvalue weighted by Crippen LogP contribution is 2.10. The second kappa shape index (κ2) is 12.1. The minimum atomic E-state index is -0.799. The van der Waals surface area contributed by atoms with Crippen molar-refractivity contribution in [2.24, 2.45) is 11.8 Å². The van der Waals surface area contributed by atoms with Gasteiger partial charge in [-0.1, -0.05) is 33.8 Å². The zero-order chi connectivity index (χ0) is 21.1. The van der Waals surface area contributed by atoms with Crippen molar-refractivity contribution in [2.45, 2.75) is 47.1 Å². The molecule has 0 saturated carbocycles. The first-order valence-corrected chi connectivity index (χ1v) is 9.50. The molecule has 0 fully saturated rings. The topological polar surface area (TPSA) is 106 Å². The molecular formula is C20H31N3O5. The molecule has 3 N–H and O–H groups in total. The Morgan fingerprint density at radius 2 is 1.57 bits per heavy atom. The van der Waals surface area contributed by atoms with E-state index in [1.807, 2.05) is 27.7 Å². The minimum absolute atomic E-state index is 0.206. The third-order valence-electron chi connectivity index (χ3n) is 3.65. The van der Waals surface area contributed by atoms with Crippen LogP contribution in [0, 0.1) is 11.8 Å². The summed E-state index contributed by atoms with van der Waals surface area (Å²) >= 11 is 0. The van der Waals surface area contributed by atoms with Crippen LogP contribution in [-0.2, 0) is 14.5 Å². The van der Waals surface area contributed by atoms with Crippen LogP contribution >= 0.6 is 0 Å². The number of nitrogens with one attached hydrogen (secondary N) is 3. The molecule has 1 rings (SSSR count). The van der Waals surface area contributed by atoms with Crippen LogP contribution in [0.2, 0.25) is 0 Å². The summed E-state index contributed by atoms with van der Waals surface area (Å²) in [6.07, 6.45) is -0.340. The Labute approximate surface area is 166 Å². The first kappa shape index (κ1) is 23.6. The van der Waals surface area contributed by atoms with Crippen LogP contribution in [0.4, 0.5) is 0 Å². The van der Waals surface area contributed by atoms with E-state index in [1.54, 1.807) is 25.1 Å². The van der Waals surface area contributed by atoms with Gasteiger partial charge < -0.3 is 5.32 Å². The average molecular weight is 393 g/mol. The van der Waals surface area contributed by atoms with Crippen LogP contribution in [0.15, 0.2) is 24.3 Å². The summed E-state index contributed by atoms with van der Waals surface area (Å²) in [5.74, 6) is -0.756. The van der Waals surface area contributed by atoms with Gasteiger partial charge in [0, 0.05) is 17.7 Å². The van der Waals surface area contributed by atoms with Crippen LogP contribution < -0.4 is 16.3 Å². The monoisotopic (exact) mass is 393 g/mol. The lowest BCUT2D eigenvalue weighted by Crippen LogP contribution is -2.42. The van der Waals surface area contributed by atoms with Crippen molar-refractivity contribution in [1.29, 1.82) is 0 Å². The van der Waals surface area contributed by atoms with Gasteiger partial charge in [-0.05, 0) is 43.4 Å². The Morgan fingerprint density at radius 3 is 2.11 bits per heavy atom. The number of carbonyl (C=O) groups is 3. The lowest BCUT2D eigenvalue weighted by atomic mass is 10.1. The zero-order valence-corrected chi connectivity index (χ0v) is 17.2. The van der Waals surface area contributed by atoms with Gasteiger partial charge in [0.05, 0.1) is 6.61 Å². The highest BCUT2D eigenvalue weighted by atomic mass is 16.7. The predicted octanol–water partition coefficient (Wildman–Crippen LogP) is 2.22.